The molecular formula is C16H12ClF2N3. The van der Waals surface area contributed by atoms with E-state index >= 15 is 4.39 Å². The number of hydrogen-bond acceptors (Lipinski definition) is 2. The lowest BCUT2D eigenvalue weighted by atomic mass is 9.84. The topological polar surface area (TPSA) is 41.6 Å². The van der Waals surface area contributed by atoms with Crippen LogP contribution in [0.25, 0.3) is 0 Å². The van der Waals surface area contributed by atoms with Gasteiger partial charge in [-0.3, -0.25) is 5.10 Å². The summed E-state index contributed by atoms with van der Waals surface area (Å²) in [5, 5.41) is 10.5. The van der Waals surface area contributed by atoms with Crippen LogP contribution >= 0.6 is 11.6 Å². The second-order valence-electron chi connectivity index (χ2n) is 4.96. The highest BCUT2D eigenvalue weighted by atomic mass is 35.5. The maximum Gasteiger partial charge on any atom is 0.166 e. The van der Waals surface area contributed by atoms with Crippen LogP contribution < -0.4 is 0 Å². The minimum atomic E-state index is -1.85. The van der Waals surface area contributed by atoms with Crippen LogP contribution in [0.3, 0.4) is 0 Å². The molecule has 0 aliphatic heterocycles. The highest BCUT2D eigenvalue weighted by Crippen LogP contribution is 2.37. The average molecular weight is 320 g/mol. The summed E-state index contributed by atoms with van der Waals surface area (Å²) in [7, 11) is 0. The van der Waals surface area contributed by atoms with Crippen molar-refractivity contribution in [2.24, 2.45) is 0 Å². The summed E-state index contributed by atoms with van der Waals surface area (Å²) in [6, 6.07) is 11.8. The van der Waals surface area contributed by atoms with E-state index in [1.165, 1.54) is 30.5 Å². The zero-order valence-electron chi connectivity index (χ0n) is 11.4. The monoisotopic (exact) mass is 319 g/mol. The SMILES string of the molecule is Fc1ccc(C(F)(Cc2c[nH]nn2)c2ccc(Cl)cc2)cc1. The van der Waals surface area contributed by atoms with Gasteiger partial charge in [0.2, 0.25) is 0 Å². The Balaban J connectivity index is 2.08. The Morgan fingerprint density at radius 3 is 2.14 bits per heavy atom. The van der Waals surface area contributed by atoms with Crippen molar-refractivity contribution in [1.82, 2.24) is 15.4 Å². The Morgan fingerprint density at radius 2 is 1.59 bits per heavy atom. The molecule has 0 aliphatic rings. The molecule has 3 nitrogen and oxygen atoms in total. The summed E-state index contributed by atoms with van der Waals surface area (Å²) in [6.07, 6.45) is 1.52. The summed E-state index contributed by atoms with van der Waals surface area (Å²) in [4.78, 5) is 0. The zero-order valence-corrected chi connectivity index (χ0v) is 12.2. The molecule has 1 atom stereocenters. The molecule has 0 bridgehead atoms. The number of aromatic nitrogens is 3. The van der Waals surface area contributed by atoms with Crippen LogP contribution in [0.1, 0.15) is 16.8 Å². The molecule has 1 unspecified atom stereocenters. The Morgan fingerprint density at radius 1 is 1.00 bits per heavy atom. The van der Waals surface area contributed by atoms with E-state index < -0.39 is 11.5 Å². The highest BCUT2D eigenvalue weighted by molar-refractivity contribution is 6.30. The lowest BCUT2D eigenvalue weighted by Crippen LogP contribution is -2.25. The van der Waals surface area contributed by atoms with Crippen molar-refractivity contribution in [3.8, 4) is 0 Å². The van der Waals surface area contributed by atoms with Crippen molar-refractivity contribution in [1.29, 1.82) is 0 Å². The largest absolute Gasteiger partial charge is 0.265 e. The minimum Gasteiger partial charge on any atom is -0.265 e. The van der Waals surface area contributed by atoms with E-state index in [-0.39, 0.29) is 6.42 Å². The van der Waals surface area contributed by atoms with Gasteiger partial charge in [-0.25, -0.2) is 8.78 Å². The Labute approximate surface area is 130 Å². The number of nitrogens with one attached hydrogen (secondary N) is 1. The molecule has 112 valence electrons. The first-order valence-corrected chi connectivity index (χ1v) is 7.02. The van der Waals surface area contributed by atoms with E-state index in [2.05, 4.69) is 15.4 Å². The summed E-state index contributed by atoms with van der Waals surface area (Å²) in [5.41, 5.74) is -0.609. The summed E-state index contributed by atoms with van der Waals surface area (Å²) in [6.45, 7) is 0. The smallest absolute Gasteiger partial charge is 0.166 e. The average Bonchev–Trinajstić information content (AvgIpc) is 3.01. The third-order valence-corrected chi connectivity index (χ3v) is 3.75. The van der Waals surface area contributed by atoms with Crippen LogP contribution in [0, 0.1) is 5.82 Å². The first-order chi connectivity index (χ1) is 10.6. The quantitative estimate of drug-likeness (QED) is 0.788. The third kappa shape index (κ3) is 2.85. The molecule has 0 radical (unpaired) electrons. The molecule has 1 aromatic heterocycles. The second kappa shape index (κ2) is 5.85. The standard InChI is InChI=1S/C16H12ClF2N3/c17-13-5-1-11(2-6-13)16(19,9-15-10-20-22-21-15)12-3-7-14(18)8-4-12/h1-8,10H,9H2,(H,20,21,22). The molecule has 2 aromatic carbocycles. The number of halogens is 3. The molecule has 0 saturated heterocycles. The van der Waals surface area contributed by atoms with Crippen molar-refractivity contribution in [2.75, 3.05) is 0 Å². The van der Waals surface area contributed by atoms with E-state index in [4.69, 9.17) is 11.6 Å². The van der Waals surface area contributed by atoms with E-state index in [0.29, 0.717) is 21.8 Å². The molecule has 0 saturated carbocycles. The van der Waals surface area contributed by atoms with Gasteiger partial charge in [0.05, 0.1) is 5.69 Å². The Kier molecular flexibility index (Phi) is 3.90. The first kappa shape index (κ1) is 14.7. The van der Waals surface area contributed by atoms with Crippen LogP contribution in [-0.2, 0) is 12.1 Å². The van der Waals surface area contributed by atoms with Gasteiger partial charge in [-0.15, -0.1) is 5.10 Å². The van der Waals surface area contributed by atoms with Crippen molar-refractivity contribution < 1.29 is 8.78 Å². The zero-order chi connectivity index (χ0) is 15.6. The highest BCUT2D eigenvalue weighted by Gasteiger charge is 2.35. The van der Waals surface area contributed by atoms with Crippen LogP contribution in [0.4, 0.5) is 8.78 Å². The normalized spacial score (nSPS) is 13.8. The first-order valence-electron chi connectivity index (χ1n) is 6.64. The van der Waals surface area contributed by atoms with Crippen LogP contribution in [0.15, 0.2) is 54.7 Å². The maximum atomic E-state index is 15.8. The Bertz CT molecular complexity index is 695. The van der Waals surface area contributed by atoms with Crippen molar-refractivity contribution in [2.45, 2.75) is 12.1 Å². The third-order valence-electron chi connectivity index (χ3n) is 3.50. The fourth-order valence-corrected chi connectivity index (χ4v) is 2.49. The van der Waals surface area contributed by atoms with Crippen LogP contribution in [-0.4, -0.2) is 15.4 Å². The molecule has 3 aromatic rings. The predicted octanol–water partition coefficient (Wildman–Crippen LogP) is 4.05. The number of aromatic amines is 1. The lowest BCUT2D eigenvalue weighted by Gasteiger charge is -2.26. The molecule has 3 rings (SSSR count). The molecule has 6 heteroatoms. The van der Waals surface area contributed by atoms with Gasteiger partial charge in [0.15, 0.2) is 5.67 Å². The fourth-order valence-electron chi connectivity index (χ4n) is 2.36. The Hall–Kier alpha value is -2.27. The number of nitrogens with zero attached hydrogens (tertiary/aromatic N) is 2. The van der Waals surface area contributed by atoms with Gasteiger partial charge in [0, 0.05) is 17.6 Å². The predicted molar refractivity (Wildman–Crippen MR) is 79.8 cm³/mol. The fraction of sp³-hybridized carbons (Fsp3) is 0.125. The van der Waals surface area contributed by atoms with E-state index in [1.54, 1.807) is 24.3 Å². The molecule has 0 amide bonds. The van der Waals surface area contributed by atoms with E-state index in [0.717, 1.165) is 0 Å². The summed E-state index contributed by atoms with van der Waals surface area (Å²) >= 11 is 5.87. The molecule has 22 heavy (non-hydrogen) atoms. The molecule has 0 spiro atoms. The molecule has 0 aliphatic carbocycles. The number of rotatable bonds is 4. The van der Waals surface area contributed by atoms with Gasteiger partial charge in [0.25, 0.3) is 0 Å². The summed E-state index contributed by atoms with van der Waals surface area (Å²) < 4.78 is 29.0. The van der Waals surface area contributed by atoms with E-state index in [1.807, 2.05) is 0 Å². The van der Waals surface area contributed by atoms with E-state index in [9.17, 15) is 4.39 Å². The van der Waals surface area contributed by atoms with Gasteiger partial charge in [0.1, 0.15) is 5.82 Å². The second-order valence-corrected chi connectivity index (χ2v) is 5.39. The molecule has 1 heterocycles. The van der Waals surface area contributed by atoms with Crippen molar-refractivity contribution >= 4 is 11.6 Å². The maximum absolute atomic E-state index is 15.8. The van der Waals surface area contributed by atoms with Crippen LogP contribution in [0.5, 0.6) is 0 Å². The molecular weight excluding hydrogens is 308 g/mol. The van der Waals surface area contributed by atoms with Gasteiger partial charge in [-0.2, -0.15) is 0 Å². The number of alkyl halides is 1. The van der Waals surface area contributed by atoms with Gasteiger partial charge < -0.3 is 0 Å². The van der Waals surface area contributed by atoms with Crippen molar-refractivity contribution in [3.63, 3.8) is 0 Å². The number of H-pyrrole nitrogens is 1. The molecule has 0 fully saturated rings. The molecule has 1 N–H and O–H groups in total. The van der Waals surface area contributed by atoms with Crippen LogP contribution in [0.2, 0.25) is 5.02 Å². The minimum absolute atomic E-state index is 0.0171. The van der Waals surface area contributed by atoms with Gasteiger partial charge in [-0.05, 0) is 35.4 Å². The lowest BCUT2D eigenvalue weighted by molar-refractivity contribution is 0.219. The van der Waals surface area contributed by atoms with Gasteiger partial charge in [-0.1, -0.05) is 41.1 Å². The van der Waals surface area contributed by atoms with Crippen molar-refractivity contribution in [3.05, 3.63) is 82.4 Å². The number of hydrogen-bond donors (Lipinski definition) is 1. The number of benzene rings is 2. The summed E-state index contributed by atoms with van der Waals surface area (Å²) in [5.74, 6) is -0.413. The van der Waals surface area contributed by atoms with Gasteiger partial charge >= 0.3 is 0 Å².